The van der Waals surface area contributed by atoms with Gasteiger partial charge in [0, 0.05) is 6.54 Å². The quantitative estimate of drug-likeness (QED) is 0.931. The molecule has 3 rings (SSSR count). The Morgan fingerprint density at radius 2 is 2.10 bits per heavy atom. The first-order valence-electron chi connectivity index (χ1n) is 7.24. The monoisotopic (exact) mass is 271 g/mol. The smallest absolute Gasteiger partial charge is 0.168 e. The van der Waals surface area contributed by atoms with E-state index in [0.29, 0.717) is 6.04 Å². The van der Waals surface area contributed by atoms with E-state index in [4.69, 9.17) is 4.74 Å². The van der Waals surface area contributed by atoms with Gasteiger partial charge in [-0.05, 0) is 44.9 Å². The molecule has 1 unspecified atom stereocenters. The van der Waals surface area contributed by atoms with Crippen molar-refractivity contribution < 1.29 is 4.74 Å². The highest BCUT2D eigenvalue weighted by molar-refractivity contribution is 5.37. The van der Waals surface area contributed by atoms with Crippen molar-refractivity contribution in [2.24, 2.45) is 0 Å². The first-order valence-corrected chi connectivity index (χ1v) is 7.24. The zero-order valence-corrected chi connectivity index (χ0v) is 12.1. The van der Waals surface area contributed by atoms with Crippen molar-refractivity contribution in [3.05, 3.63) is 41.7 Å². The van der Waals surface area contributed by atoms with E-state index < -0.39 is 0 Å². The molecule has 0 bridgehead atoms. The second kappa shape index (κ2) is 5.67. The average molecular weight is 271 g/mol. The van der Waals surface area contributed by atoms with E-state index in [1.54, 1.807) is 0 Å². The summed E-state index contributed by atoms with van der Waals surface area (Å²) in [6.07, 6.45) is 4.22. The molecule has 1 N–H and O–H groups in total. The second-order valence-corrected chi connectivity index (χ2v) is 5.41. The maximum atomic E-state index is 6.01. The Morgan fingerprint density at radius 1 is 1.25 bits per heavy atom. The summed E-state index contributed by atoms with van der Waals surface area (Å²) in [4.78, 5) is 0. The molecule has 2 heterocycles. The lowest BCUT2D eigenvalue weighted by Crippen LogP contribution is -2.32. The second-order valence-electron chi connectivity index (χ2n) is 5.41. The Morgan fingerprint density at radius 3 is 2.85 bits per heavy atom. The van der Waals surface area contributed by atoms with Crippen molar-refractivity contribution >= 4 is 0 Å². The van der Waals surface area contributed by atoms with E-state index >= 15 is 0 Å². The van der Waals surface area contributed by atoms with Crippen LogP contribution in [-0.4, -0.2) is 22.9 Å². The molecule has 1 saturated heterocycles. The van der Waals surface area contributed by atoms with Crippen LogP contribution in [-0.2, 0) is 0 Å². The minimum atomic E-state index is 0.443. The van der Waals surface area contributed by atoms with E-state index in [9.17, 15) is 0 Å². The van der Waals surface area contributed by atoms with Gasteiger partial charge in [0.25, 0.3) is 0 Å². The molecule has 1 aromatic carbocycles. The zero-order valence-electron chi connectivity index (χ0n) is 12.1. The van der Waals surface area contributed by atoms with Crippen molar-refractivity contribution in [1.82, 2.24) is 15.1 Å². The Labute approximate surface area is 119 Å². The topological polar surface area (TPSA) is 39.1 Å². The number of nitrogens with one attached hydrogen (secondary N) is 1. The minimum Gasteiger partial charge on any atom is -0.454 e. The molecule has 0 spiro atoms. The maximum Gasteiger partial charge on any atom is 0.168 e. The van der Waals surface area contributed by atoms with Crippen LogP contribution >= 0.6 is 0 Å². The lowest BCUT2D eigenvalue weighted by atomic mass is 10.1. The highest BCUT2D eigenvalue weighted by Crippen LogP contribution is 2.29. The van der Waals surface area contributed by atoms with Crippen molar-refractivity contribution in [3.63, 3.8) is 0 Å². The molecular formula is C16H21N3O. The first-order chi connectivity index (χ1) is 9.75. The van der Waals surface area contributed by atoms with Gasteiger partial charge in [-0.3, -0.25) is 4.68 Å². The van der Waals surface area contributed by atoms with Gasteiger partial charge in [-0.25, -0.2) is 0 Å². The number of nitrogens with zero attached hydrogens (tertiary/aromatic N) is 2. The van der Waals surface area contributed by atoms with E-state index in [2.05, 4.69) is 35.0 Å². The van der Waals surface area contributed by atoms with Gasteiger partial charge in [0.15, 0.2) is 5.75 Å². The molecule has 0 aliphatic carbocycles. The number of rotatable bonds is 3. The Kier molecular flexibility index (Phi) is 3.74. The average Bonchev–Trinajstić information content (AvgIpc) is 2.84. The van der Waals surface area contributed by atoms with Crippen molar-refractivity contribution in [2.45, 2.75) is 32.7 Å². The van der Waals surface area contributed by atoms with Gasteiger partial charge in [-0.1, -0.05) is 18.2 Å². The number of piperidine rings is 1. The maximum absolute atomic E-state index is 6.01. The van der Waals surface area contributed by atoms with Gasteiger partial charge >= 0.3 is 0 Å². The fourth-order valence-electron chi connectivity index (χ4n) is 2.71. The largest absolute Gasteiger partial charge is 0.454 e. The van der Waals surface area contributed by atoms with Crippen LogP contribution in [0, 0.1) is 13.8 Å². The number of aryl methyl sites for hydroxylation is 1. The highest BCUT2D eigenvalue weighted by Gasteiger charge is 2.19. The molecule has 0 saturated carbocycles. The molecule has 1 aliphatic rings. The summed E-state index contributed by atoms with van der Waals surface area (Å²) in [5.74, 6) is 1.75. The molecule has 4 heteroatoms. The van der Waals surface area contributed by atoms with Crippen LogP contribution in [0.2, 0.25) is 0 Å². The summed E-state index contributed by atoms with van der Waals surface area (Å²) >= 11 is 0. The van der Waals surface area contributed by atoms with Crippen LogP contribution in [0.3, 0.4) is 0 Å². The van der Waals surface area contributed by atoms with Gasteiger partial charge in [-0.2, -0.15) is 5.10 Å². The van der Waals surface area contributed by atoms with Crippen molar-refractivity contribution in [3.8, 4) is 11.5 Å². The van der Waals surface area contributed by atoms with Gasteiger partial charge in [-0.15, -0.1) is 0 Å². The number of benzene rings is 1. The fraction of sp³-hybridized carbons (Fsp3) is 0.438. The number of para-hydroxylation sites is 1. The number of hydrogen-bond acceptors (Lipinski definition) is 3. The summed E-state index contributed by atoms with van der Waals surface area (Å²) in [5, 5.41) is 7.94. The molecule has 4 nitrogen and oxygen atoms in total. The Bertz CT molecular complexity index is 585. The SMILES string of the molecule is Cc1ccccc1Oc1cnn(C2CCCNC2)c1C. The van der Waals surface area contributed by atoms with Crippen LogP contribution in [0.15, 0.2) is 30.5 Å². The Hall–Kier alpha value is -1.81. The van der Waals surface area contributed by atoms with E-state index in [-0.39, 0.29) is 0 Å². The summed E-state index contributed by atoms with van der Waals surface area (Å²) in [6.45, 7) is 6.24. The predicted molar refractivity (Wildman–Crippen MR) is 79.4 cm³/mol. The van der Waals surface area contributed by atoms with Crippen LogP contribution in [0.5, 0.6) is 11.5 Å². The van der Waals surface area contributed by atoms with Gasteiger partial charge in [0.1, 0.15) is 5.75 Å². The van der Waals surface area contributed by atoms with E-state index in [1.165, 1.54) is 12.8 Å². The molecule has 1 aliphatic heterocycles. The summed E-state index contributed by atoms with van der Waals surface area (Å²) < 4.78 is 8.10. The lowest BCUT2D eigenvalue weighted by Gasteiger charge is -2.24. The molecule has 106 valence electrons. The third-order valence-corrected chi connectivity index (χ3v) is 3.93. The lowest BCUT2D eigenvalue weighted by molar-refractivity contribution is 0.340. The number of aromatic nitrogens is 2. The zero-order chi connectivity index (χ0) is 13.9. The Balaban J connectivity index is 1.81. The molecule has 0 amide bonds. The van der Waals surface area contributed by atoms with Gasteiger partial charge in [0.2, 0.25) is 0 Å². The molecular weight excluding hydrogens is 250 g/mol. The standard InChI is InChI=1S/C16H21N3O/c1-12-6-3-4-8-15(12)20-16-11-18-19(13(16)2)14-7-5-9-17-10-14/h3-4,6,8,11,14,17H,5,7,9-10H2,1-2H3. The van der Waals surface area contributed by atoms with E-state index in [0.717, 1.165) is 35.8 Å². The number of hydrogen-bond donors (Lipinski definition) is 1. The summed E-state index contributed by atoms with van der Waals surface area (Å²) in [6, 6.07) is 8.51. The number of ether oxygens (including phenoxy) is 1. The molecule has 20 heavy (non-hydrogen) atoms. The molecule has 2 aromatic rings. The van der Waals surface area contributed by atoms with Crippen molar-refractivity contribution in [2.75, 3.05) is 13.1 Å². The minimum absolute atomic E-state index is 0.443. The van der Waals surface area contributed by atoms with Gasteiger partial charge < -0.3 is 10.1 Å². The predicted octanol–water partition coefficient (Wildman–Crippen LogP) is 3.22. The van der Waals surface area contributed by atoms with Crippen LogP contribution in [0.25, 0.3) is 0 Å². The molecule has 1 atom stereocenters. The van der Waals surface area contributed by atoms with Crippen molar-refractivity contribution in [1.29, 1.82) is 0 Å². The fourth-order valence-corrected chi connectivity index (χ4v) is 2.71. The highest BCUT2D eigenvalue weighted by atomic mass is 16.5. The van der Waals surface area contributed by atoms with Crippen LogP contribution in [0.1, 0.15) is 30.1 Å². The van der Waals surface area contributed by atoms with Crippen LogP contribution < -0.4 is 10.1 Å². The summed E-state index contributed by atoms with van der Waals surface area (Å²) in [5.41, 5.74) is 2.24. The molecule has 1 aromatic heterocycles. The van der Waals surface area contributed by atoms with Gasteiger partial charge in [0.05, 0.1) is 17.9 Å². The normalized spacial score (nSPS) is 19.0. The third kappa shape index (κ3) is 2.56. The molecule has 1 fully saturated rings. The first kappa shape index (κ1) is 13.2. The molecule has 0 radical (unpaired) electrons. The van der Waals surface area contributed by atoms with Crippen LogP contribution in [0.4, 0.5) is 0 Å². The van der Waals surface area contributed by atoms with E-state index in [1.807, 2.05) is 24.4 Å². The summed E-state index contributed by atoms with van der Waals surface area (Å²) in [7, 11) is 0. The third-order valence-electron chi connectivity index (χ3n) is 3.93.